The molecule has 0 saturated heterocycles. The second-order valence-electron chi connectivity index (χ2n) is 4.00. The highest BCUT2D eigenvalue weighted by Gasteiger charge is 2.04. The van der Waals surface area contributed by atoms with Crippen molar-refractivity contribution in [1.82, 2.24) is 9.78 Å². The number of ether oxygens (including phenoxy) is 2. The number of rotatable bonds is 5. The predicted molar refractivity (Wildman–Crippen MR) is 69.9 cm³/mol. The Balaban J connectivity index is 2.08. The second kappa shape index (κ2) is 5.91. The molecule has 0 saturated carbocycles. The molecule has 0 radical (unpaired) electrons. The van der Waals surface area contributed by atoms with Crippen LogP contribution in [0.3, 0.4) is 0 Å². The van der Waals surface area contributed by atoms with Crippen molar-refractivity contribution in [3.05, 3.63) is 41.7 Å². The summed E-state index contributed by atoms with van der Waals surface area (Å²) in [4.78, 5) is 0. The first-order valence-electron chi connectivity index (χ1n) is 5.98. The number of nitriles is 1. The molecule has 5 nitrogen and oxygen atoms in total. The molecule has 2 rings (SSSR count). The molecule has 19 heavy (non-hydrogen) atoms. The lowest BCUT2D eigenvalue weighted by molar-refractivity contribution is 0.303. The van der Waals surface area contributed by atoms with Crippen LogP contribution in [0, 0.1) is 11.3 Å². The van der Waals surface area contributed by atoms with Gasteiger partial charge in [-0.25, -0.2) is 0 Å². The van der Waals surface area contributed by atoms with Gasteiger partial charge in [0.15, 0.2) is 0 Å². The van der Waals surface area contributed by atoms with Crippen molar-refractivity contribution in [3.8, 4) is 17.6 Å². The van der Waals surface area contributed by atoms with E-state index in [1.807, 2.05) is 17.8 Å². The van der Waals surface area contributed by atoms with Crippen molar-refractivity contribution < 1.29 is 9.47 Å². The van der Waals surface area contributed by atoms with Crippen LogP contribution in [0.25, 0.3) is 0 Å². The van der Waals surface area contributed by atoms with Gasteiger partial charge in [0.25, 0.3) is 0 Å². The van der Waals surface area contributed by atoms with E-state index in [2.05, 4.69) is 11.2 Å². The summed E-state index contributed by atoms with van der Waals surface area (Å²) < 4.78 is 12.6. The van der Waals surface area contributed by atoms with Crippen LogP contribution >= 0.6 is 0 Å². The van der Waals surface area contributed by atoms with Crippen molar-refractivity contribution in [3.63, 3.8) is 0 Å². The van der Waals surface area contributed by atoms with Crippen LogP contribution in [0.2, 0.25) is 0 Å². The molecular formula is C14H15N3O2. The molecule has 1 heterocycles. The largest absolute Gasteiger partial charge is 0.497 e. The Morgan fingerprint density at radius 1 is 1.32 bits per heavy atom. The molecule has 0 atom stereocenters. The fraction of sp³-hybridized carbons (Fsp3) is 0.286. The zero-order valence-electron chi connectivity index (χ0n) is 11.0. The molecule has 1 aromatic carbocycles. The van der Waals surface area contributed by atoms with Gasteiger partial charge in [-0.2, -0.15) is 10.4 Å². The van der Waals surface area contributed by atoms with Crippen molar-refractivity contribution >= 4 is 0 Å². The third kappa shape index (κ3) is 3.26. The average molecular weight is 257 g/mol. The Kier molecular flexibility index (Phi) is 4.04. The van der Waals surface area contributed by atoms with Crippen molar-refractivity contribution in [2.24, 2.45) is 0 Å². The summed E-state index contributed by atoms with van der Waals surface area (Å²) in [6, 6.07) is 7.19. The molecule has 0 unspecified atom stereocenters. The highest BCUT2D eigenvalue weighted by molar-refractivity contribution is 5.43. The van der Waals surface area contributed by atoms with E-state index < -0.39 is 0 Å². The molecule has 2 aromatic rings. The Morgan fingerprint density at radius 2 is 2.11 bits per heavy atom. The van der Waals surface area contributed by atoms with Crippen LogP contribution in [0.4, 0.5) is 0 Å². The lowest BCUT2D eigenvalue weighted by Gasteiger charge is -2.07. The normalized spacial score (nSPS) is 9.95. The van der Waals surface area contributed by atoms with Gasteiger partial charge in [0.05, 0.1) is 24.9 Å². The summed E-state index contributed by atoms with van der Waals surface area (Å²) in [5, 5.41) is 13.1. The minimum absolute atomic E-state index is 0.415. The van der Waals surface area contributed by atoms with E-state index in [0.29, 0.717) is 23.7 Å². The first kappa shape index (κ1) is 13.0. The van der Waals surface area contributed by atoms with Crippen LogP contribution in [0.15, 0.2) is 30.6 Å². The smallest absolute Gasteiger partial charge is 0.124 e. The summed E-state index contributed by atoms with van der Waals surface area (Å²) >= 11 is 0. The monoisotopic (exact) mass is 257 g/mol. The highest BCUT2D eigenvalue weighted by Crippen LogP contribution is 2.23. The van der Waals surface area contributed by atoms with E-state index in [1.54, 1.807) is 31.5 Å². The molecule has 0 spiro atoms. The quantitative estimate of drug-likeness (QED) is 0.825. The summed E-state index contributed by atoms with van der Waals surface area (Å²) in [6.07, 6.45) is 3.71. The van der Waals surface area contributed by atoms with Gasteiger partial charge in [-0.3, -0.25) is 4.68 Å². The van der Waals surface area contributed by atoms with E-state index in [1.165, 1.54) is 0 Å². The van der Waals surface area contributed by atoms with Crippen molar-refractivity contribution in [2.45, 2.75) is 20.1 Å². The van der Waals surface area contributed by atoms with Gasteiger partial charge >= 0.3 is 0 Å². The van der Waals surface area contributed by atoms with E-state index in [4.69, 9.17) is 14.7 Å². The lowest BCUT2D eigenvalue weighted by atomic mass is 10.2. The van der Waals surface area contributed by atoms with Gasteiger partial charge in [-0.1, -0.05) is 0 Å². The number of hydrogen-bond donors (Lipinski definition) is 0. The number of nitrogens with zero attached hydrogens (tertiary/aromatic N) is 3. The molecule has 0 aliphatic rings. The molecule has 0 aliphatic carbocycles. The van der Waals surface area contributed by atoms with Crippen LogP contribution < -0.4 is 9.47 Å². The second-order valence-corrected chi connectivity index (χ2v) is 4.00. The van der Waals surface area contributed by atoms with Gasteiger partial charge in [0, 0.05) is 24.4 Å². The minimum atomic E-state index is 0.415. The number of benzene rings is 1. The van der Waals surface area contributed by atoms with Crippen LogP contribution in [-0.2, 0) is 13.2 Å². The zero-order chi connectivity index (χ0) is 13.7. The maximum absolute atomic E-state index is 8.93. The Labute approximate surface area is 112 Å². The Morgan fingerprint density at radius 3 is 2.74 bits per heavy atom. The first-order valence-corrected chi connectivity index (χ1v) is 5.98. The molecule has 0 aliphatic heterocycles. The number of aryl methyl sites for hydroxylation is 1. The Bertz CT molecular complexity index is 599. The zero-order valence-corrected chi connectivity index (χ0v) is 11.0. The first-order chi connectivity index (χ1) is 9.25. The van der Waals surface area contributed by atoms with Gasteiger partial charge in [0.2, 0.25) is 0 Å². The van der Waals surface area contributed by atoms with Crippen LogP contribution in [0.1, 0.15) is 18.1 Å². The number of aromatic nitrogens is 2. The maximum Gasteiger partial charge on any atom is 0.124 e. The lowest BCUT2D eigenvalue weighted by Crippen LogP contribution is -1.96. The van der Waals surface area contributed by atoms with Gasteiger partial charge in [0.1, 0.15) is 18.1 Å². The highest BCUT2D eigenvalue weighted by atomic mass is 16.5. The average Bonchev–Trinajstić information content (AvgIpc) is 2.92. The van der Waals surface area contributed by atoms with Crippen molar-refractivity contribution in [2.75, 3.05) is 7.11 Å². The molecular weight excluding hydrogens is 242 g/mol. The molecule has 0 N–H and O–H groups in total. The van der Waals surface area contributed by atoms with E-state index in [0.717, 1.165) is 12.1 Å². The van der Waals surface area contributed by atoms with E-state index >= 15 is 0 Å². The third-order valence-corrected chi connectivity index (χ3v) is 2.66. The predicted octanol–water partition coefficient (Wildman–Crippen LogP) is 2.36. The Hall–Kier alpha value is -2.48. The molecule has 0 bridgehead atoms. The van der Waals surface area contributed by atoms with Gasteiger partial charge in [-0.05, 0) is 19.1 Å². The summed E-state index contributed by atoms with van der Waals surface area (Å²) in [6.45, 7) is 3.27. The SMILES string of the molecule is CCn1cc(COc2cc(C#N)cc(OC)c2)cn1. The minimum Gasteiger partial charge on any atom is -0.497 e. The molecule has 98 valence electrons. The molecule has 5 heteroatoms. The molecule has 0 fully saturated rings. The third-order valence-electron chi connectivity index (χ3n) is 2.66. The van der Waals surface area contributed by atoms with E-state index in [9.17, 15) is 0 Å². The van der Waals surface area contributed by atoms with Gasteiger partial charge in [-0.15, -0.1) is 0 Å². The molecule has 1 aromatic heterocycles. The standard InChI is InChI=1S/C14H15N3O2/c1-3-17-9-12(8-16-17)10-19-14-5-11(7-15)4-13(6-14)18-2/h4-6,8-9H,3,10H2,1-2H3. The van der Waals surface area contributed by atoms with Crippen LogP contribution in [0.5, 0.6) is 11.5 Å². The number of hydrogen-bond acceptors (Lipinski definition) is 4. The molecule has 0 amide bonds. The van der Waals surface area contributed by atoms with Gasteiger partial charge < -0.3 is 9.47 Å². The topological polar surface area (TPSA) is 60.1 Å². The summed E-state index contributed by atoms with van der Waals surface area (Å²) in [5.41, 5.74) is 1.50. The van der Waals surface area contributed by atoms with E-state index in [-0.39, 0.29) is 0 Å². The fourth-order valence-electron chi connectivity index (χ4n) is 1.66. The van der Waals surface area contributed by atoms with Crippen molar-refractivity contribution in [1.29, 1.82) is 5.26 Å². The maximum atomic E-state index is 8.93. The van der Waals surface area contributed by atoms with Crippen LogP contribution in [-0.4, -0.2) is 16.9 Å². The fourth-order valence-corrected chi connectivity index (χ4v) is 1.66. The summed E-state index contributed by atoms with van der Waals surface area (Å²) in [7, 11) is 1.56. The number of methoxy groups -OCH3 is 1. The summed E-state index contributed by atoms with van der Waals surface area (Å²) in [5.74, 6) is 1.22.